The van der Waals surface area contributed by atoms with E-state index in [4.69, 9.17) is 16.3 Å². The molecule has 0 aromatic rings. The first kappa shape index (κ1) is 11.8. The molecule has 1 aliphatic rings. The zero-order chi connectivity index (χ0) is 10.4. The van der Waals surface area contributed by atoms with Gasteiger partial charge in [0.2, 0.25) is 5.91 Å². The number of amides is 1. The number of carbonyl (C=O) groups is 1. The molecule has 1 unspecified atom stereocenters. The standard InChI is InChI=1S/C10H18ClNO2/c1-14-7-9(5-6-11)12-10(13)8-3-2-4-8/h8-9H,2-7H2,1H3,(H,12,13). The molecule has 0 saturated heterocycles. The van der Waals surface area contributed by atoms with Crippen LogP contribution < -0.4 is 5.32 Å². The van der Waals surface area contributed by atoms with Crippen molar-refractivity contribution in [2.75, 3.05) is 19.6 Å². The third kappa shape index (κ3) is 3.46. The average Bonchev–Trinajstić information content (AvgIpc) is 2.01. The SMILES string of the molecule is COCC(CCCl)NC(=O)C1CCC1. The van der Waals surface area contributed by atoms with Gasteiger partial charge in [0.1, 0.15) is 0 Å². The van der Waals surface area contributed by atoms with Crippen molar-refractivity contribution in [3.05, 3.63) is 0 Å². The van der Waals surface area contributed by atoms with Crippen molar-refractivity contribution in [2.24, 2.45) is 5.92 Å². The highest BCUT2D eigenvalue weighted by molar-refractivity contribution is 6.17. The summed E-state index contributed by atoms with van der Waals surface area (Å²) in [7, 11) is 1.64. The van der Waals surface area contributed by atoms with E-state index in [1.165, 1.54) is 6.42 Å². The van der Waals surface area contributed by atoms with Crippen LogP contribution in [0.4, 0.5) is 0 Å². The van der Waals surface area contributed by atoms with Crippen LogP contribution in [0.1, 0.15) is 25.7 Å². The number of methoxy groups -OCH3 is 1. The lowest BCUT2D eigenvalue weighted by molar-refractivity contribution is -0.128. The summed E-state index contributed by atoms with van der Waals surface area (Å²) in [5.74, 6) is 0.965. The van der Waals surface area contributed by atoms with E-state index in [9.17, 15) is 4.79 Å². The van der Waals surface area contributed by atoms with Gasteiger partial charge >= 0.3 is 0 Å². The molecular weight excluding hydrogens is 202 g/mol. The Morgan fingerprint density at radius 3 is 2.79 bits per heavy atom. The van der Waals surface area contributed by atoms with E-state index >= 15 is 0 Å². The predicted octanol–water partition coefficient (Wildman–Crippen LogP) is 1.55. The number of carbonyl (C=O) groups excluding carboxylic acids is 1. The van der Waals surface area contributed by atoms with E-state index < -0.39 is 0 Å². The monoisotopic (exact) mass is 219 g/mol. The van der Waals surface area contributed by atoms with Gasteiger partial charge in [0.15, 0.2) is 0 Å². The van der Waals surface area contributed by atoms with Gasteiger partial charge < -0.3 is 10.1 Å². The molecule has 0 bridgehead atoms. The molecule has 1 rings (SSSR count). The number of nitrogens with one attached hydrogen (secondary N) is 1. The molecule has 0 radical (unpaired) electrons. The fourth-order valence-corrected chi connectivity index (χ4v) is 1.78. The Kier molecular flexibility index (Phi) is 5.26. The number of ether oxygens (including phenoxy) is 1. The van der Waals surface area contributed by atoms with E-state index in [-0.39, 0.29) is 17.9 Å². The second kappa shape index (κ2) is 6.25. The van der Waals surface area contributed by atoms with Crippen molar-refractivity contribution in [1.29, 1.82) is 0 Å². The van der Waals surface area contributed by atoms with Crippen LogP contribution in [0.15, 0.2) is 0 Å². The Morgan fingerprint density at radius 1 is 1.64 bits per heavy atom. The molecule has 0 aromatic carbocycles. The molecule has 1 saturated carbocycles. The number of rotatable bonds is 6. The minimum Gasteiger partial charge on any atom is -0.383 e. The summed E-state index contributed by atoms with van der Waals surface area (Å²) in [4.78, 5) is 11.6. The number of alkyl halides is 1. The molecule has 1 amide bonds. The maximum atomic E-state index is 11.6. The van der Waals surface area contributed by atoms with Crippen molar-refractivity contribution in [2.45, 2.75) is 31.7 Å². The maximum Gasteiger partial charge on any atom is 0.223 e. The van der Waals surface area contributed by atoms with Gasteiger partial charge in [-0.05, 0) is 19.3 Å². The first-order valence-corrected chi connectivity index (χ1v) is 5.66. The molecule has 1 aliphatic carbocycles. The Morgan fingerprint density at radius 2 is 2.36 bits per heavy atom. The van der Waals surface area contributed by atoms with Gasteiger partial charge in [-0.15, -0.1) is 11.6 Å². The molecular formula is C10H18ClNO2. The minimum absolute atomic E-state index is 0.0746. The molecule has 14 heavy (non-hydrogen) atoms. The molecule has 1 fully saturated rings. The summed E-state index contributed by atoms with van der Waals surface area (Å²) < 4.78 is 5.02. The molecule has 0 aromatic heterocycles. The molecule has 0 aliphatic heterocycles. The van der Waals surface area contributed by atoms with Crippen LogP contribution in [0, 0.1) is 5.92 Å². The highest BCUT2D eigenvalue weighted by atomic mass is 35.5. The Labute approximate surface area is 90.1 Å². The van der Waals surface area contributed by atoms with Crippen LogP contribution in [0.5, 0.6) is 0 Å². The zero-order valence-electron chi connectivity index (χ0n) is 8.59. The number of halogens is 1. The van der Waals surface area contributed by atoms with Gasteiger partial charge in [-0.1, -0.05) is 6.42 Å². The summed E-state index contributed by atoms with van der Waals surface area (Å²) in [6.45, 7) is 0.547. The fraction of sp³-hybridized carbons (Fsp3) is 0.900. The van der Waals surface area contributed by atoms with Gasteiger partial charge in [-0.25, -0.2) is 0 Å². The van der Waals surface area contributed by atoms with Gasteiger partial charge in [-0.3, -0.25) is 4.79 Å². The summed E-state index contributed by atoms with van der Waals surface area (Å²) in [6.07, 6.45) is 4.02. The van der Waals surface area contributed by atoms with E-state index in [0.717, 1.165) is 19.3 Å². The summed E-state index contributed by atoms with van der Waals surface area (Å²) in [5.41, 5.74) is 0. The third-order valence-corrected chi connectivity index (χ3v) is 2.87. The summed E-state index contributed by atoms with van der Waals surface area (Å²) >= 11 is 5.64. The normalized spacial score (nSPS) is 18.7. The predicted molar refractivity (Wildman–Crippen MR) is 56.5 cm³/mol. The molecule has 0 heterocycles. The lowest BCUT2D eigenvalue weighted by atomic mass is 9.84. The fourth-order valence-electron chi connectivity index (χ4n) is 1.52. The van der Waals surface area contributed by atoms with Crippen LogP contribution in [0.3, 0.4) is 0 Å². The van der Waals surface area contributed by atoms with Crippen molar-refractivity contribution < 1.29 is 9.53 Å². The largest absolute Gasteiger partial charge is 0.383 e. The van der Waals surface area contributed by atoms with Gasteiger partial charge in [0.25, 0.3) is 0 Å². The van der Waals surface area contributed by atoms with E-state index in [1.54, 1.807) is 7.11 Å². The second-order valence-electron chi connectivity index (χ2n) is 3.77. The highest BCUT2D eigenvalue weighted by Gasteiger charge is 2.26. The van der Waals surface area contributed by atoms with E-state index in [1.807, 2.05) is 0 Å². The average molecular weight is 220 g/mol. The van der Waals surface area contributed by atoms with Crippen LogP contribution in [0.2, 0.25) is 0 Å². The zero-order valence-corrected chi connectivity index (χ0v) is 9.35. The summed E-state index contributed by atoms with van der Waals surface area (Å²) in [6, 6.07) is 0.0746. The smallest absolute Gasteiger partial charge is 0.223 e. The Hall–Kier alpha value is -0.280. The first-order chi connectivity index (χ1) is 6.77. The lowest BCUT2D eigenvalue weighted by Gasteiger charge is -2.27. The summed E-state index contributed by atoms with van der Waals surface area (Å²) in [5, 5.41) is 2.97. The first-order valence-electron chi connectivity index (χ1n) is 5.13. The lowest BCUT2D eigenvalue weighted by Crippen LogP contribution is -2.43. The Bertz CT molecular complexity index is 177. The van der Waals surface area contributed by atoms with Crippen LogP contribution in [-0.4, -0.2) is 31.5 Å². The van der Waals surface area contributed by atoms with Crippen LogP contribution in [-0.2, 0) is 9.53 Å². The number of hydrogen-bond donors (Lipinski definition) is 1. The van der Waals surface area contributed by atoms with Crippen LogP contribution >= 0.6 is 11.6 Å². The molecule has 3 nitrogen and oxygen atoms in total. The van der Waals surface area contributed by atoms with E-state index in [0.29, 0.717) is 12.5 Å². The maximum absolute atomic E-state index is 11.6. The van der Waals surface area contributed by atoms with Crippen LogP contribution in [0.25, 0.3) is 0 Å². The quantitative estimate of drug-likeness (QED) is 0.689. The van der Waals surface area contributed by atoms with Crippen molar-refractivity contribution in [3.8, 4) is 0 Å². The minimum atomic E-state index is 0.0746. The second-order valence-corrected chi connectivity index (χ2v) is 4.14. The van der Waals surface area contributed by atoms with Gasteiger partial charge in [0.05, 0.1) is 12.6 Å². The third-order valence-electron chi connectivity index (χ3n) is 2.65. The molecule has 0 spiro atoms. The molecule has 4 heteroatoms. The van der Waals surface area contributed by atoms with Gasteiger partial charge in [-0.2, -0.15) is 0 Å². The van der Waals surface area contributed by atoms with Crippen molar-refractivity contribution in [3.63, 3.8) is 0 Å². The Balaban J connectivity index is 2.25. The van der Waals surface area contributed by atoms with E-state index in [2.05, 4.69) is 5.32 Å². The van der Waals surface area contributed by atoms with Gasteiger partial charge in [0, 0.05) is 18.9 Å². The molecule has 1 N–H and O–H groups in total. The highest BCUT2D eigenvalue weighted by Crippen LogP contribution is 2.26. The number of hydrogen-bond acceptors (Lipinski definition) is 2. The molecule has 82 valence electrons. The molecule has 1 atom stereocenters. The topological polar surface area (TPSA) is 38.3 Å². The van der Waals surface area contributed by atoms with Crippen molar-refractivity contribution >= 4 is 17.5 Å². The van der Waals surface area contributed by atoms with Crippen molar-refractivity contribution in [1.82, 2.24) is 5.32 Å².